The molecule has 5 aromatic rings. The first-order valence-corrected chi connectivity index (χ1v) is 7.69. The zero-order valence-corrected chi connectivity index (χ0v) is 13.2. The third-order valence-corrected chi connectivity index (χ3v) is 4.03. The molecule has 5 rings (SSSR count). The largest absolute Gasteiger partial charge is 0.323 e. The van der Waals surface area contributed by atoms with E-state index in [1.807, 2.05) is 25.1 Å². The number of aromatic nitrogens is 8. The Morgan fingerprint density at radius 3 is 2.96 bits per heavy atom. The van der Waals surface area contributed by atoms with Gasteiger partial charge < -0.3 is 5.32 Å². The number of aryl methyl sites for hydroxylation is 1. The summed E-state index contributed by atoms with van der Waals surface area (Å²) in [5.74, 6) is 0.500. The van der Waals surface area contributed by atoms with Crippen molar-refractivity contribution in [2.45, 2.75) is 6.92 Å². The van der Waals surface area contributed by atoms with Crippen LogP contribution in [0, 0.1) is 6.92 Å². The molecule has 0 radical (unpaired) electrons. The number of nitrogens with zero attached hydrogens (tertiary/aromatic N) is 6. The monoisotopic (exact) mass is 331 g/mol. The second kappa shape index (κ2) is 5.13. The summed E-state index contributed by atoms with van der Waals surface area (Å²) in [7, 11) is 0. The van der Waals surface area contributed by atoms with Gasteiger partial charge in [0.1, 0.15) is 0 Å². The van der Waals surface area contributed by atoms with E-state index in [1.165, 1.54) is 0 Å². The van der Waals surface area contributed by atoms with Crippen LogP contribution in [-0.2, 0) is 0 Å². The third kappa shape index (κ3) is 2.21. The number of aromatic amines is 2. The third-order valence-electron chi connectivity index (χ3n) is 4.03. The molecule has 0 bridgehead atoms. The molecule has 0 spiro atoms. The molecule has 3 N–H and O–H groups in total. The number of hydrogen-bond donors (Lipinski definition) is 3. The molecular weight excluding hydrogens is 318 g/mol. The Morgan fingerprint density at radius 1 is 1.12 bits per heavy atom. The highest BCUT2D eigenvalue weighted by molar-refractivity contribution is 5.82. The molecule has 4 heterocycles. The second-order valence-corrected chi connectivity index (χ2v) is 5.68. The molecular formula is C16H13N9. The predicted octanol–water partition coefficient (Wildman–Crippen LogP) is 2.44. The summed E-state index contributed by atoms with van der Waals surface area (Å²) in [6.45, 7) is 1.91. The summed E-state index contributed by atoms with van der Waals surface area (Å²) in [4.78, 5) is 8.98. The van der Waals surface area contributed by atoms with Crippen LogP contribution >= 0.6 is 0 Å². The molecule has 0 aliphatic carbocycles. The van der Waals surface area contributed by atoms with E-state index in [-0.39, 0.29) is 0 Å². The lowest BCUT2D eigenvalue weighted by Crippen LogP contribution is -1.98. The second-order valence-electron chi connectivity index (χ2n) is 5.68. The number of anilines is 2. The molecule has 0 fully saturated rings. The standard InChI is InChI=1S/C16H13N9/c1-9-15-22-16(21-12-3-2-10-5-20-23-13(10)4-12)24-25(15)14(8-17-9)11-6-18-19-7-11/h2-8H,1H3,(H,18,19)(H,20,23)(H,21,24). The van der Waals surface area contributed by atoms with Crippen molar-refractivity contribution >= 4 is 28.2 Å². The SMILES string of the molecule is Cc1ncc(-c2cn[nH]c2)n2nc(Nc3ccc4cn[nH]c4c3)nc12. The van der Waals surface area contributed by atoms with Crippen molar-refractivity contribution < 1.29 is 0 Å². The molecule has 122 valence electrons. The molecule has 9 heteroatoms. The molecule has 4 aromatic heterocycles. The van der Waals surface area contributed by atoms with Gasteiger partial charge in [0, 0.05) is 22.8 Å². The summed E-state index contributed by atoms with van der Waals surface area (Å²) in [6.07, 6.45) is 7.08. The Kier molecular flexibility index (Phi) is 2.80. The lowest BCUT2D eigenvalue weighted by molar-refractivity contribution is 0.946. The Bertz CT molecular complexity index is 1180. The Hall–Kier alpha value is -3.75. The average molecular weight is 331 g/mol. The van der Waals surface area contributed by atoms with Crippen molar-refractivity contribution in [2.75, 3.05) is 5.32 Å². The van der Waals surface area contributed by atoms with E-state index in [2.05, 4.69) is 40.8 Å². The lowest BCUT2D eigenvalue weighted by Gasteiger charge is -2.02. The fraction of sp³-hybridized carbons (Fsp3) is 0.0625. The summed E-state index contributed by atoms with van der Waals surface area (Å²) in [5.41, 5.74) is 5.04. The maximum absolute atomic E-state index is 4.58. The van der Waals surface area contributed by atoms with Crippen LogP contribution < -0.4 is 5.32 Å². The van der Waals surface area contributed by atoms with Crippen molar-refractivity contribution in [1.29, 1.82) is 0 Å². The highest BCUT2D eigenvalue weighted by Crippen LogP contribution is 2.23. The Labute approximate surface area is 141 Å². The zero-order chi connectivity index (χ0) is 16.8. The van der Waals surface area contributed by atoms with Crippen molar-refractivity contribution in [3.8, 4) is 11.3 Å². The maximum atomic E-state index is 4.58. The maximum Gasteiger partial charge on any atom is 0.247 e. The van der Waals surface area contributed by atoms with Crippen molar-refractivity contribution in [1.82, 2.24) is 40.0 Å². The van der Waals surface area contributed by atoms with Gasteiger partial charge in [0.15, 0.2) is 5.65 Å². The van der Waals surface area contributed by atoms with Gasteiger partial charge in [-0.1, -0.05) is 0 Å². The van der Waals surface area contributed by atoms with Gasteiger partial charge in [-0.3, -0.25) is 15.2 Å². The van der Waals surface area contributed by atoms with Crippen LogP contribution in [0.2, 0.25) is 0 Å². The zero-order valence-electron chi connectivity index (χ0n) is 13.2. The smallest absolute Gasteiger partial charge is 0.247 e. The minimum Gasteiger partial charge on any atom is -0.323 e. The average Bonchev–Trinajstić information content (AvgIpc) is 3.35. The van der Waals surface area contributed by atoms with Crippen LogP contribution in [-0.4, -0.2) is 40.0 Å². The van der Waals surface area contributed by atoms with Crippen molar-refractivity contribution in [3.05, 3.63) is 48.7 Å². The lowest BCUT2D eigenvalue weighted by atomic mass is 10.2. The molecule has 9 nitrogen and oxygen atoms in total. The number of H-pyrrole nitrogens is 2. The van der Waals surface area contributed by atoms with Gasteiger partial charge in [0.25, 0.3) is 0 Å². The first kappa shape index (κ1) is 13.7. The normalized spacial score (nSPS) is 11.4. The number of hydrogen-bond acceptors (Lipinski definition) is 6. The summed E-state index contributed by atoms with van der Waals surface area (Å²) in [6, 6.07) is 5.92. The van der Waals surface area contributed by atoms with E-state index >= 15 is 0 Å². The van der Waals surface area contributed by atoms with Gasteiger partial charge in [-0.15, -0.1) is 5.10 Å². The fourth-order valence-electron chi connectivity index (χ4n) is 2.77. The molecule has 1 aromatic carbocycles. The van der Waals surface area contributed by atoms with Crippen molar-refractivity contribution in [3.63, 3.8) is 0 Å². The van der Waals surface area contributed by atoms with Gasteiger partial charge in [-0.2, -0.15) is 15.2 Å². The van der Waals surface area contributed by atoms with E-state index in [9.17, 15) is 0 Å². The van der Waals surface area contributed by atoms with E-state index in [0.717, 1.165) is 33.5 Å². The molecule has 0 amide bonds. The summed E-state index contributed by atoms with van der Waals surface area (Å²) in [5, 5.41) is 22.6. The highest BCUT2D eigenvalue weighted by Gasteiger charge is 2.13. The van der Waals surface area contributed by atoms with E-state index in [0.29, 0.717) is 11.6 Å². The molecule has 0 aliphatic rings. The first-order valence-electron chi connectivity index (χ1n) is 7.69. The summed E-state index contributed by atoms with van der Waals surface area (Å²) < 4.78 is 1.77. The topological polar surface area (TPSA) is 112 Å². The number of rotatable bonds is 3. The van der Waals surface area contributed by atoms with Crippen molar-refractivity contribution in [2.24, 2.45) is 0 Å². The van der Waals surface area contributed by atoms with Crippen LogP contribution in [0.15, 0.2) is 43.0 Å². The Morgan fingerprint density at radius 2 is 2.08 bits per heavy atom. The van der Waals surface area contributed by atoms with Crippen LogP contribution in [0.25, 0.3) is 27.8 Å². The molecule has 0 atom stereocenters. The summed E-state index contributed by atoms with van der Waals surface area (Å²) >= 11 is 0. The minimum absolute atomic E-state index is 0.500. The molecule has 0 saturated carbocycles. The number of benzene rings is 1. The molecule has 0 unspecified atom stereocenters. The van der Waals surface area contributed by atoms with Gasteiger partial charge in [0.05, 0.1) is 35.5 Å². The predicted molar refractivity (Wildman–Crippen MR) is 92.5 cm³/mol. The van der Waals surface area contributed by atoms with Gasteiger partial charge in [0.2, 0.25) is 5.95 Å². The van der Waals surface area contributed by atoms with Gasteiger partial charge in [-0.25, -0.2) is 4.52 Å². The van der Waals surface area contributed by atoms with Crippen LogP contribution in [0.5, 0.6) is 0 Å². The van der Waals surface area contributed by atoms with Crippen LogP contribution in [0.3, 0.4) is 0 Å². The molecule has 0 aliphatic heterocycles. The molecule has 0 saturated heterocycles. The van der Waals surface area contributed by atoms with E-state index in [1.54, 1.807) is 29.3 Å². The quantitative estimate of drug-likeness (QED) is 0.468. The minimum atomic E-state index is 0.500. The fourth-order valence-corrected chi connectivity index (χ4v) is 2.77. The van der Waals surface area contributed by atoms with Gasteiger partial charge in [-0.05, 0) is 25.1 Å². The van der Waals surface area contributed by atoms with Crippen LogP contribution in [0.4, 0.5) is 11.6 Å². The number of nitrogens with one attached hydrogen (secondary N) is 3. The van der Waals surface area contributed by atoms with Gasteiger partial charge >= 0.3 is 0 Å². The molecule has 25 heavy (non-hydrogen) atoms. The van der Waals surface area contributed by atoms with Crippen LogP contribution in [0.1, 0.15) is 5.69 Å². The van der Waals surface area contributed by atoms with E-state index < -0.39 is 0 Å². The first-order chi connectivity index (χ1) is 12.3. The highest BCUT2D eigenvalue weighted by atomic mass is 15.4. The Balaban J connectivity index is 1.60. The van der Waals surface area contributed by atoms with E-state index in [4.69, 9.17) is 0 Å². The number of fused-ring (bicyclic) bond motifs is 2.